The summed E-state index contributed by atoms with van der Waals surface area (Å²) in [6, 6.07) is 27.7. The molecular weight excluding hydrogens is 419 g/mol. The van der Waals surface area contributed by atoms with E-state index in [1.807, 2.05) is 66.7 Å². The van der Waals surface area contributed by atoms with E-state index >= 15 is 0 Å². The van der Waals surface area contributed by atoms with Crippen molar-refractivity contribution in [3.05, 3.63) is 100 Å². The molecule has 29 heavy (non-hydrogen) atoms. The first kappa shape index (κ1) is 19.4. The molecule has 5 heteroatoms. The lowest BCUT2D eigenvalue weighted by Crippen LogP contribution is -1.83. The fraction of sp³-hybridized carbons (Fsp3) is 0. The molecule has 0 radical (unpaired) electrons. The van der Waals surface area contributed by atoms with Crippen molar-refractivity contribution in [2.24, 2.45) is 4.99 Å². The Morgan fingerprint density at radius 1 is 0.828 bits per heavy atom. The summed E-state index contributed by atoms with van der Waals surface area (Å²) in [5, 5.41) is 11.6. The number of hydrogen-bond acceptors (Lipinski definition) is 3. The second-order valence-corrected chi connectivity index (χ2v) is 8.08. The Morgan fingerprint density at radius 2 is 1.48 bits per heavy atom. The molecule has 0 N–H and O–H groups in total. The quantitative estimate of drug-likeness (QED) is 0.300. The van der Waals surface area contributed by atoms with Gasteiger partial charge < -0.3 is 0 Å². The van der Waals surface area contributed by atoms with Crippen LogP contribution < -0.4 is 0 Å². The van der Waals surface area contributed by atoms with E-state index in [-0.39, 0.29) is 0 Å². The van der Waals surface area contributed by atoms with E-state index in [0.717, 1.165) is 27.1 Å². The smallest absolute Gasteiger partial charge is 0.135 e. The van der Waals surface area contributed by atoms with E-state index in [0.29, 0.717) is 20.6 Å². The van der Waals surface area contributed by atoms with Gasteiger partial charge in [-0.1, -0.05) is 89.9 Å². The Hall–Kier alpha value is -2.90. The van der Waals surface area contributed by atoms with E-state index in [2.05, 4.69) is 11.1 Å². The second kappa shape index (κ2) is 8.63. The van der Waals surface area contributed by atoms with Crippen LogP contribution in [0.4, 0.5) is 5.00 Å². The zero-order valence-corrected chi connectivity index (χ0v) is 17.5. The van der Waals surface area contributed by atoms with Crippen LogP contribution >= 0.6 is 34.5 Å². The minimum absolute atomic E-state index is 0.470. The third-order valence-corrected chi connectivity index (χ3v) is 6.26. The normalized spacial score (nSPS) is 10.9. The molecule has 3 aromatic carbocycles. The number of nitriles is 1. The summed E-state index contributed by atoms with van der Waals surface area (Å²) in [5.41, 5.74) is 4.35. The average Bonchev–Trinajstić information content (AvgIpc) is 3.14. The highest BCUT2D eigenvalue weighted by Crippen LogP contribution is 2.46. The summed E-state index contributed by atoms with van der Waals surface area (Å²) in [6.07, 6.45) is 1.71. The minimum atomic E-state index is 0.470. The molecule has 0 unspecified atom stereocenters. The maximum absolute atomic E-state index is 9.94. The van der Waals surface area contributed by atoms with Gasteiger partial charge in [0.2, 0.25) is 0 Å². The molecule has 0 aliphatic heterocycles. The Kier molecular flexibility index (Phi) is 5.78. The van der Waals surface area contributed by atoms with Gasteiger partial charge in [0.05, 0.1) is 15.6 Å². The van der Waals surface area contributed by atoms with Crippen molar-refractivity contribution in [1.29, 1.82) is 5.26 Å². The molecule has 0 aliphatic carbocycles. The topological polar surface area (TPSA) is 36.1 Å². The SMILES string of the molecule is N#Cc1c(N=Cc2ccc(Cl)c(Cl)c2)sc(-c2ccccc2)c1-c1ccccc1. The summed E-state index contributed by atoms with van der Waals surface area (Å²) in [4.78, 5) is 5.64. The summed E-state index contributed by atoms with van der Waals surface area (Å²) < 4.78 is 0. The molecule has 2 nitrogen and oxygen atoms in total. The molecule has 4 rings (SSSR count). The van der Waals surface area contributed by atoms with E-state index in [1.54, 1.807) is 18.3 Å². The number of benzene rings is 3. The third-order valence-electron chi connectivity index (χ3n) is 4.37. The van der Waals surface area contributed by atoms with Gasteiger partial charge in [-0.15, -0.1) is 11.3 Å². The molecule has 0 saturated heterocycles. The second-order valence-electron chi connectivity index (χ2n) is 6.26. The van der Waals surface area contributed by atoms with Crippen LogP contribution in [-0.2, 0) is 0 Å². The first-order valence-corrected chi connectivity index (χ1v) is 10.4. The highest BCUT2D eigenvalue weighted by Gasteiger charge is 2.20. The number of rotatable bonds is 4. The molecule has 1 heterocycles. The first-order chi connectivity index (χ1) is 14.2. The van der Waals surface area contributed by atoms with Gasteiger partial charge in [0.1, 0.15) is 11.1 Å². The van der Waals surface area contributed by atoms with Crippen LogP contribution in [0.15, 0.2) is 83.9 Å². The third kappa shape index (κ3) is 4.11. The van der Waals surface area contributed by atoms with Gasteiger partial charge in [0.25, 0.3) is 0 Å². The van der Waals surface area contributed by atoms with E-state index in [1.165, 1.54) is 11.3 Å². The van der Waals surface area contributed by atoms with E-state index in [4.69, 9.17) is 23.2 Å². The van der Waals surface area contributed by atoms with Gasteiger partial charge in [-0.05, 0) is 28.8 Å². The maximum Gasteiger partial charge on any atom is 0.135 e. The Morgan fingerprint density at radius 3 is 2.10 bits per heavy atom. The number of halogens is 2. The molecule has 0 spiro atoms. The Balaban J connectivity index is 1.87. The van der Waals surface area contributed by atoms with E-state index < -0.39 is 0 Å². The summed E-state index contributed by atoms with van der Waals surface area (Å²) in [5.74, 6) is 0. The highest BCUT2D eigenvalue weighted by atomic mass is 35.5. The number of thiophene rings is 1. The van der Waals surface area contributed by atoms with Gasteiger partial charge in [0.15, 0.2) is 0 Å². The van der Waals surface area contributed by atoms with Crippen LogP contribution in [0.3, 0.4) is 0 Å². The van der Waals surface area contributed by atoms with E-state index in [9.17, 15) is 5.26 Å². The van der Waals surface area contributed by atoms with Crippen molar-refractivity contribution in [1.82, 2.24) is 0 Å². The van der Waals surface area contributed by atoms with Crippen molar-refractivity contribution in [2.45, 2.75) is 0 Å². The fourth-order valence-electron chi connectivity index (χ4n) is 3.01. The zero-order chi connectivity index (χ0) is 20.2. The van der Waals surface area contributed by atoms with Crippen LogP contribution in [0.1, 0.15) is 11.1 Å². The van der Waals surface area contributed by atoms with Gasteiger partial charge in [-0.2, -0.15) is 5.26 Å². The first-order valence-electron chi connectivity index (χ1n) is 8.84. The minimum Gasteiger partial charge on any atom is -0.244 e. The highest BCUT2D eigenvalue weighted by molar-refractivity contribution is 7.20. The molecular formula is C24H14Cl2N2S. The standard InChI is InChI=1S/C24H14Cl2N2S/c25-20-12-11-16(13-21(20)26)15-28-24-19(14-27)22(17-7-3-1-4-8-17)23(29-24)18-9-5-2-6-10-18/h1-13,15H. The Bertz CT molecular complexity index is 1220. The van der Waals surface area contributed by atoms with Crippen LogP contribution in [0.25, 0.3) is 21.6 Å². The molecule has 0 amide bonds. The van der Waals surface area contributed by atoms with Gasteiger partial charge in [0, 0.05) is 16.7 Å². The monoisotopic (exact) mass is 432 g/mol. The molecule has 0 bridgehead atoms. The number of nitrogens with zero attached hydrogens (tertiary/aromatic N) is 2. The summed E-state index contributed by atoms with van der Waals surface area (Å²) in [7, 11) is 0. The van der Waals surface area contributed by atoms with Gasteiger partial charge in [-0.3, -0.25) is 0 Å². The van der Waals surface area contributed by atoms with Gasteiger partial charge in [-0.25, -0.2) is 4.99 Å². The van der Waals surface area contributed by atoms with Crippen molar-refractivity contribution in [2.75, 3.05) is 0 Å². The number of hydrogen-bond donors (Lipinski definition) is 0. The van der Waals surface area contributed by atoms with Crippen LogP contribution in [-0.4, -0.2) is 6.21 Å². The van der Waals surface area contributed by atoms with Crippen molar-refractivity contribution >= 4 is 45.8 Å². The summed E-state index contributed by atoms with van der Waals surface area (Å²) in [6.45, 7) is 0. The Labute approximate surface area is 183 Å². The van der Waals surface area contributed by atoms with Crippen molar-refractivity contribution in [3.8, 4) is 27.6 Å². The predicted octanol–water partition coefficient (Wildman–Crippen LogP) is 8.01. The van der Waals surface area contributed by atoms with Crippen LogP contribution in [0, 0.1) is 11.3 Å². The van der Waals surface area contributed by atoms with Crippen LogP contribution in [0.2, 0.25) is 10.0 Å². The maximum atomic E-state index is 9.94. The number of aliphatic imine (C=N–C) groups is 1. The average molecular weight is 433 g/mol. The molecule has 0 aliphatic rings. The molecule has 0 saturated carbocycles. The van der Waals surface area contributed by atoms with Crippen LogP contribution in [0.5, 0.6) is 0 Å². The zero-order valence-electron chi connectivity index (χ0n) is 15.1. The molecule has 4 aromatic rings. The fourth-order valence-corrected chi connectivity index (χ4v) is 4.44. The lowest BCUT2D eigenvalue weighted by atomic mass is 9.99. The summed E-state index contributed by atoms with van der Waals surface area (Å²) >= 11 is 13.6. The molecule has 140 valence electrons. The van der Waals surface area contributed by atoms with Crippen molar-refractivity contribution in [3.63, 3.8) is 0 Å². The largest absolute Gasteiger partial charge is 0.244 e. The lowest BCUT2D eigenvalue weighted by molar-refractivity contribution is 1.48. The lowest BCUT2D eigenvalue weighted by Gasteiger charge is -2.05. The predicted molar refractivity (Wildman–Crippen MR) is 124 cm³/mol. The molecule has 0 atom stereocenters. The van der Waals surface area contributed by atoms with Gasteiger partial charge >= 0.3 is 0 Å². The molecule has 0 fully saturated rings. The van der Waals surface area contributed by atoms with Crippen molar-refractivity contribution < 1.29 is 0 Å². The molecule has 1 aromatic heterocycles.